The molecule has 152 valence electrons. The number of carbonyl (C=O) groups is 3. The zero-order chi connectivity index (χ0) is 20.5. The molecule has 3 atom stereocenters. The Bertz CT molecular complexity index is 478. The van der Waals surface area contributed by atoms with Crippen LogP contribution in [0.1, 0.15) is 47.5 Å². The van der Waals surface area contributed by atoms with Gasteiger partial charge < -0.3 is 15.2 Å². The summed E-state index contributed by atoms with van der Waals surface area (Å²) in [6.07, 6.45) is 0.732. The highest BCUT2D eigenvalue weighted by molar-refractivity contribution is 7.98. The zero-order valence-corrected chi connectivity index (χ0v) is 17.2. The molecule has 26 heavy (non-hydrogen) atoms. The quantitative estimate of drug-likeness (QED) is 0.249. The molecular formula is C17H32N2O6S. The van der Waals surface area contributed by atoms with Crippen molar-refractivity contribution in [2.24, 2.45) is 11.8 Å². The van der Waals surface area contributed by atoms with E-state index < -0.39 is 41.4 Å². The third-order valence-corrected chi connectivity index (χ3v) is 4.08. The molecule has 4 N–H and O–H groups in total. The first kappa shape index (κ1) is 24.7. The van der Waals surface area contributed by atoms with E-state index in [0.717, 1.165) is 0 Å². The van der Waals surface area contributed by atoms with Crippen LogP contribution in [0, 0.1) is 11.8 Å². The van der Waals surface area contributed by atoms with Gasteiger partial charge in [0.15, 0.2) is 0 Å². The lowest BCUT2D eigenvalue weighted by Gasteiger charge is -2.27. The van der Waals surface area contributed by atoms with Gasteiger partial charge in [0.25, 0.3) is 5.91 Å². The van der Waals surface area contributed by atoms with Crippen LogP contribution in [0.15, 0.2) is 0 Å². The lowest BCUT2D eigenvalue weighted by molar-refractivity contribution is -0.159. The van der Waals surface area contributed by atoms with E-state index in [0.29, 0.717) is 12.2 Å². The summed E-state index contributed by atoms with van der Waals surface area (Å²) in [5.41, 5.74) is 0.650. The summed E-state index contributed by atoms with van der Waals surface area (Å²) >= 11 is 1.52. The third kappa shape index (κ3) is 9.40. The molecular weight excluding hydrogens is 360 g/mol. The van der Waals surface area contributed by atoms with Crippen LogP contribution >= 0.6 is 11.8 Å². The monoisotopic (exact) mass is 392 g/mol. The second-order valence-corrected chi connectivity index (χ2v) is 8.52. The lowest BCUT2D eigenvalue weighted by atomic mass is 9.90. The average molecular weight is 393 g/mol. The van der Waals surface area contributed by atoms with Crippen LogP contribution in [0.5, 0.6) is 0 Å². The number of hydrogen-bond acceptors (Lipinski definition) is 7. The maximum Gasteiger partial charge on any atom is 0.329 e. The molecule has 0 aliphatic rings. The van der Waals surface area contributed by atoms with Gasteiger partial charge in [-0.05, 0) is 51.5 Å². The first-order valence-corrected chi connectivity index (χ1v) is 9.96. The largest absolute Gasteiger partial charge is 0.458 e. The van der Waals surface area contributed by atoms with Crippen LogP contribution in [0.2, 0.25) is 0 Å². The minimum Gasteiger partial charge on any atom is -0.458 e. The highest BCUT2D eigenvalue weighted by Gasteiger charge is 2.35. The molecule has 0 unspecified atom stereocenters. The Morgan fingerprint density at radius 2 is 1.73 bits per heavy atom. The molecule has 0 saturated heterocycles. The van der Waals surface area contributed by atoms with E-state index in [1.54, 1.807) is 20.8 Å². The van der Waals surface area contributed by atoms with Gasteiger partial charge in [0.1, 0.15) is 17.7 Å². The summed E-state index contributed by atoms with van der Waals surface area (Å²) in [7, 11) is 0. The van der Waals surface area contributed by atoms with Crippen molar-refractivity contribution in [2.75, 3.05) is 12.0 Å². The number of carbonyl (C=O) groups excluding carboxylic acids is 3. The van der Waals surface area contributed by atoms with Crippen molar-refractivity contribution < 1.29 is 29.4 Å². The Hall–Kier alpha value is -1.32. The third-order valence-electron chi connectivity index (χ3n) is 3.44. The number of nitrogens with one attached hydrogen (secondary N) is 2. The molecule has 0 aliphatic carbocycles. The van der Waals surface area contributed by atoms with E-state index in [-0.39, 0.29) is 12.3 Å². The summed E-state index contributed by atoms with van der Waals surface area (Å²) in [6.45, 7) is 8.87. The standard InChI is InChI=1S/C17H32N2O6S/c1-10(2)9-11(13(20)15(22)19-24)14(21)18-12(7-8-26-6)16(23)25-17(3,4)5/h10-13,20,24H,7-9H2,1-6H3,(H,18,21)(H,19,22)/t11-,12+,13+/m1/s1. The van der Waals surface area contributed by atoms with Crippen LogP contribution < -0.4 is 10.8 Å². The smallest absolute Gasteiger partial charge is 0.329 e. The SMILES string of the molecule is CSCC[C@H](NC(=O)[C@H](CC(C)C)[C@H](O)C(=O)NO)C(=O)OC(C)(C)C. The first-order valence-electron chi connectivity index (χ1n) is 8.57. The molecule has 0 aromatic carbocycles. The molecule has 9 heteroatoms. The van der Waals surface area contributed by atoms with Gasteiger partial charge in [-0.15, -0.1) is 0 Å². The maximum atomic E-state index is 12.6. The first-order chi connectivity index (χ1) is 11.9. The molecule has 0 aromatic heterocycles. The van der Waals surface area contributed by atoms with Gasteiger partial charge in [-0.25, -0.2) is 10.3 Å². The topological polar surface area (TPSA) is 125 Å². The zero-order valence-electron chi connectivity index (χ0n) is 16.4. The van der Waals surface area contributed by atoms with Crippen LogP contribution in [0.3, 0.4) is 0 Å². The van der Waals surface area contributed by atoms with Gasteiger partial charge >= 0.3 is 5.97 Å². The van der Waals surface area contributed by atoms with Crippen molar-refractivity contribution >= 4 is 29.5 Å². The van der Waals surface area contributed by atoms with Gasteiger partial charge in [0.05, 0.1) is 5.92 Å². The van der Waals surface area contributed by atoms with E-state index in [1.807, 2.05) is 20.1 Å². The number of rotatable bonds is 10. The van der Waals surface area contributed by atoms with Crippen molar-refractivity contribution in [1.82, 2.24) is 10.8 Å². The predicted octanol–water partition coefficient (Wildman–Crippen LogP) is 1.09. The van der Waals surface area contributed by atoms with E-state index in [2.05, 4.69) is 5.32 Å². The molecule has 2 amide bonds. The fraction of sp³-hybridized carbons (Fsp3) is 0.824. The van der Waals surface area contributed by atoms with E-state index in [4.69, 9.17) is 9.94 Å². The van der Waals surface area contributed by atoms with E-state index in [9.17, 15) is 19.5 Å². The number of ether oxygens (including phenoxy) is 1. The Morgan fingerprint density at radius 3 is 2.15 bits per heavy atom. The second kappa shape index (κ2) is 11.4. The van der Waals surface area contributed by atoms with Crippen molar-refractivity contribution in [3.63, 3.8) is 0 Å². The predicted molar refractivity (Wildman–Crippen MR) is 99.7 cm³/mol. The molecule has 0 aromatic rings. The van der Waals surface area contributed by atoms with Gasteiger partial charge in [0.2, 0.25) is 5.91 Å². The van der Waals surface area contributed by atoms with Crippen LogP contribution in [0.25, 0.3) is 0 Å². The van der Waals surface area contributed by atoms with Crippen molar-refractivity contribution in [3.8, 4) is 0 Å². The Labute approximate surface area is 159 Å². The number of hydrogen-bond donors (Lipinski definition) is 4. The van der Waals surface area contributed by atoms with Crippen molar-refractivity contribution in [1.29, 1.82) is 0 Å². The molecule has 0 fully saturated rings. The molecule has 0 aliphatic heterocycles. The van der Waals surface area contributed by atoms with Gasteiger partial charge in [-0.3, -0.25) is 14.8 Å². The summed E-state index contributed by atoms with van der Waals surface area (Å²) in [5.74, 6) is -2.72. The van der Waals surface area contributed by atoms with E-state index >= 15 is 0 Å². The Balaban J connectivity index is 5.30. The van der Waals surface area contributed by atoms with Gasteiger partial charge in [-0.1, -0.05) is 13.8 Å². The second-order valence-electron chi connectivity index (χ2n) is 7.53. The highest BCUT2D eigenvalue weighted by atomic mass is 32.2. The molecule has 0 spiro atoms. The van der Waals surface area contributed by atoms with Crippen LogP contribution in [0.4, 0.5) is 0 Å². The number of thioether (sulfide) groups is 1. The summed E-state index contributed by atoms with van der Waals surface area (Å²) in [5, 5.41) is 21.4. The molecule has 8 nitrogen and oxygen atoms in total. The minimum absolute atomic E-state index is 0.0121. The van der Waals surface area contributed by atoms with E-state index in [1.165, 1.54) is 17.2 Å². The maximum absolute atomic E-state index is 12.6. The number of esters is 1. The minimum atomic E-state index is -1.72. The van der Waals surface area contributed by atoms with Crippen molar-refractivity contribution in [2.45, 2.75) is 65.2 Å². The molecule has 0 bridgehead atoms. The Morgan fingerprint density at radius 1 is 1.15 bits per heavy atom. The number of aliphatic hydroxyl groups is 1. The van der Waals surface area contributed by atoms with Crippen LogP contribution in [-0.4, -0.2) is 57.9 Å². The summed E-state index contributed by atoms with van der Waals surface area (Å²) in [6, 6.07) is -0.881. The molecule has 0 saturated carbocycles. The fourth-order valence-electron chi connectivity index (χ4n) is 2.27. The highest BCUT2D eigenvalue weighted by Crippen LogP contribution is 2.18. The fourth-order valence-corrected chi connectivity index (χ4v) is 2.74. The summed E-state index contributed by atoms with van der Waals surface area (Å²) in [4.78, 5) is 36.5. The van der Waals surface area contributed by atoms with Gasteiger partial charge in [-0.2, -0.15) is 11.8 Å². The van der Waals surface area contributed by atoms with Gasteiger partial charge in [0, 0.05) is 0 Å². The molecule has 0 heterocycles. The van der Waals surface area contributed by atoms with Crippen LogP contribution in [-0.2, 0) is 19.1 Å². The summed E-state index contributed by atoms with van der Waals surface area (Å²) < 4.78 is 5.34. The number of hydroxylamine groups is 1. The normalized spacial score (nSPS) is 15.1. The van der Waals surface area contributed by atoms with Crippen molar-refractivity contribution in [3.05, 3.63) is 0 Å². The number of amides is 2. The number of aliphatic hydroxyl groups excluding tert-OH is 1. The molecule has 0 rings (SSSR count). The average Bonchev–Trinajstić information content (AvgIpc) is 2.52. The lowest BCUT2D eigenvalue weighted by Crippen LogP contribution is -2.51. The Kier molecular flexibility index (Phi) is 10.8. The molecule has 0 radical (unpaired) electrons.